The van der Waals surface area contributed by atoms with E-state index in [2.05, 4.69) is 16.7 Å². The van der Waals surface area contributed by atoms with Gasteiger partial charge in [0.15, 0.2) is 0 Å². The van der Waals surface area contributed by atoms with Gasteiger partial charge in [-0.3, -0.25) is 9.80 Å². The molecule has 1 unspecified atom stereocenters. The van der Waals surface area contributed by atoms with Crippen molar-refractivity contribution in [1.29, 1.82) is 0 Å². The maximum absolute atomic E-state index is 10.2. The van der Waals surface area contributed by atoms with E-state index in [1.165, 1.54) is 0 Å². The average molecular weight is 268 g/mol. The van der Waals surface area contributed by atoms with Crippen molar-refractivity contribution in [1.82, 2.24) is 9.80 Å². The number of aliphatic hydroxyl groups is 1. The number of hydrogen-bond acceptors (Lipinski definition) is 5. The third-order valence-electron chi connectivity index (χ3n) is 3.48. The van der Waals surface area contributed by atoms with Crippen LogP contribution in [0.15, 0.2) is 23.0 Å². The van der Waals surface area contributed by atoms with Gasteiger partial charge in [-0.2, -0.15) is 0 Å². The van der Waals surface area contributed by atoms with Crippen molar-refractivity contribution in [3.05, 3.63) is 24.2 Å². The second-order valence-electron chi connectivity index (χ2n) is 5.03. The molecule has 5 nitrogen and oxygen atoms in total. The van der Waals surface area contributed by atoms with Gasteiger partial charge in [-0.25, -0.2) is 0 Å². The maximum atomic E-state index is 10.2. The minimum absolute atomic E-state index is 0.315. The first-order valence-corrected chi connectivity index (χ1v) is 6.99. The van der Waals surface area contributed by atoms with Crippen LogP contribution in [0.2, 0.25) is 0 Å². The fourth-order valence-corrected chi connectivity index (χ4v) is 2.38. The monoisotopic (exact) mass is 268 g/mol. The third-order valence-corrected chi connectivity index (χ3v) is 3.48. The first kappa shape index (κ1) is 14.5. The molecule has 5 heteroatoms. The van der Waals surface area contributed by atoms with Gasteiger partial charge in [0.1, 0.15) is 0 Å². The van der Waals surface area contributed by atoms with Crippen molar-refractivity contribution in [2.24, 2.45) is 0 Å². The topological polar surface area (TPSA) is 49.1 Å². The lowest BCUT2D eigenvalue weighted by molar-refractivity contribution is 0.00667. The lowest BCUT2D eigenvalue weighted by Crippen LogP contribution is -2.44. The summed E-state index contributed by atoms with van der Waals surface area (Å²) in [5, 5.41) is 10.2. The minimum atomic E-state index is -0.315. The van der Waals surface area contributed by atoms with Gasteiger partial charge < -0.3 is 14.3 Å². The summed E-state index contributed by atoms with van der Waals surface area (Å²) < 4.78 is 10.4. The summed E-state index contributed by atoms with van der Waals surface area (Å²) in [6, 6.07) is 1.97. The minimum Gasteiger partial charge on any atom is -0.472 e. The molecule has 0 radical (unpaired) electrons. The zero-order chi connectivity index (χ0) is 13.5. The maximum Gasteiger partial charge on any atom is 0.0947 e. The van der Waals surface area contributed by atoms with Gasteiger partial charge in [0.25, 0.3) is 0 Å². The summed E-state index contributed by atoms with van der Waals surface area (Å²) in [6.45, 7) is 8.68. The second kappa shape index (κ2) is 7.65. The van der Waals surface area contributed by atoms with Gasteiger partial charge in [0.05, 0.1) is 31.8 Å². The van der Waals surface area contributed by atoms with Crippen LogP contribution in [0.3, 0.4) is 0 Å². The van der Waals surface area contributed by atoms with E-state index in [0.29, 0.717) is 6.54 Å². The van der Waals surface area contributed by atoms with Crippen molar-refractivity contribution >= 4 is 0 Å². The Labute approximate surface area is 114 Å². The molecule has 0 spiro atoms. The molecule has 1 atom stereocenters. The Morgan fingerprint density at radius 1 is 1.42 bits per heavy atom. The predicted octanol–water partition coefficient (Wildman–Crippen LogP) is 0.795. The van der Waals surface area contributed by atoms with Crippen molar-refractivity contribution in [2.75, 3.05) is 45.9 Å². The van der Waals surface area contributed by atoms with Crippen molar-refractivity contribution < 1.29 is 14.3 Å². The van der Waals surface area contributed by atoms with Gasteiger partial charge in [-0.1, -0.05) is 6.92 Å². The van der Waals surface area contributed by atoms with E-state index in [9.17, 15) is 5.11 Å². The Balaban J connectivity index is 1.73. The number of β-amino-alcohol motifs (C(OH)–C–C–N with tert-alkyl or cyclic N) is 1. The van der Waals surface area contributed by atoms with Crippen molar-refractivity contribution in [3.63, 3.8) is 0 Å². The number of hydrogen-bond donors (Lipinski definition) is 1. The molecule has 1 aliphatic heterocycles. The summed E-state index contributed by atoms with van der Waals surface area (Å²) in [6.07, 6.45) is 3.13. The van der Waals surface area contributed by atoms with E-state index in [0.717, 1.165) is 51.5 Å². The molecule has 0 amide bonds. The van der Waals surface area contributed by atoms with Gasteiger partial charge in [0, 0.05) is 38.3 Å². The predicted molar refractivity (Wildman–Crippen MR) is 72.9 cm³/mol. The Hall–Kier alpha value is -0.880. The number of ether oxygens (including phenoxy) is 1. The average Bonchev–Trinajstić information content (AvgIpc) is 2.92. The van der Waals surface area contributed by atoms with Crippen LogP contribution in [0.1, 0.15) is 12.5 Å². The quantitative estimate of drug-likeness (QED) is 0.792. The number of morpholine rings is 1. The summed E-state index contributed by atoms with van der Waals surface area (Å²) in [4.78, 5) is 4.50. The molecule has 1 aromatic rings. The normalized spacial score (nSPS) is 18.9. The van der Waals surface area contributed by atoms with Gasteiger partial charge >= 0.3 is 0 Å². The van der Waals surface area contributed by atoms with Crippen LogP contribution in [0.5, 0.6) is 0 Å². The lowest BCUT2D eigenvalue weighted by atomic mass is 10.2. The largest absolute Gasteiger partial charge is 0.472 e. The highest BCUT2D eigenvalue weighted by Gasteiger charge is 2.17. The summed E-state index contributed by atoms with van der Waals surface area (Å²) >= 11 is 0. The van der Waals surface area contributed by atoms with Crippen LogP contribution in [0.4, 0.5) is 0 Å². The molecule has 1 fully saturated rings. The first-order valence-electron chi connectivity index (χ1n) is 6.99. The van der Waals surface area contributed by atoms with E-state index in [4.69, 9.17) is 9.15 Å². The molecule has 1 aliphatic rings. The van der Waals surface area contributed by atoms with Crippen LogP contribution in [0.25, 0.3) is 0 Å². The molecule has 0 aliphatic carbocycles. The SMILES string of the molecule is CCN(Cc1ccoc1)CC(O)CN1CCOCC1. The highest BCUT2D eigenvalue weighted by Crippen LogP contribution is 2.07. The Morgan fingerprint density at radius 2 is 2.21 bits per heavy atom. The number of furan rings is 1. The molecule has 1 saturated heterocycles. The molecule has 2 rings (SSSR count). The zero-order valence-electron chi connectivity index (χ0n) is 11.6. The summed E-state index contributed by atoms with van der Waals surface area (Å²) in [7, 11) is 0. The molecule has 0 aromatic carbocycles. The molecule has 19 heavy (non-hydrogen) atoms. The molecule has 1 aromatic heterocycles. The van der Waals surface area contributed by atoms with E-state index >= 15 is 0 Å². The highest BCUT2D eigenvalue weighted by molar-refractivity contribution is 5.04. The summed E-state index contributed by atoms with van der Waals surface area (Å²) in [5.41, 5.74) is 1.15. The van der Waals surface area contributed by atoms with Crippen LogP contribution >= 0.6 is 0 Å². The van der Waals surface area contributed by atoms with Crippen LogP contribution in [-0.2, 0) is 11.3 Å². The van der Waals surface area contributed by atoms with E-state index in [1.54, 1.807) is 12.5 Å². The summed E-state index contributed by atoms with van der Waals surface area (Å²) in [5.74, 6) is 0. The number of rotatable bonds is 7. The molecule has 1 N–H and O–H groups in total. The molecule has 2 heterocycles. The molecule has 0 bridgehead atoms. The smallest absolute Gasteiger partial charge is 0.0947 e. The lowest BCUT2D eigenvalue weighted by Gasteiger charge is -2.30. The zero-order valence-corrected chi connectivity index (χ0v) is 11.6. The van der Waals surface area contributed by atoms with Crippen molar-refractivity contribution in [3.8, 4) is 0 Å². The van der Waals surface area contributed by atoms with Crippen LogP contribution in [-0.4, -0.2) is 66.9 Å². The fourth-order valence-electron chi connectivity index (χ4n) is 2.38. The van der Waals surface area contributed by atoms with Crippen LogP contribution < -0.4 is 0 Å². The molecule has 0 saturated carbocycles. The molecular formula is C14H24N2O3. The number of aliphatic hydroxyl groups excluding tert-OH is 1. The fraction of sp³-hybridized carbons (Fsp3) is 0.714. The second-order valence-corrected chi connectivity index (χ2v) is 5.03. The van der Waals surface area contributed by atoms with E-state index in [-0.39, 0.29) is 6.10 Å². The number of likely N-dealkylation sites (N-methyl/N-ethyl adjacent to an activating group) is 1. The van der Waals surface area contributed by atoms with Gasteiger partial charge in [0.2, 0.25) is 0 Å². The van der Waals surface area contributed by atoms with E-state index < -0.39 is 0 Å². The Morgan fingerprint density at radius 3 is 2.84 bits per heavy atom. The van der Waals surface area contributed by atoms with Gasteiger partial charge in [-0.15, -0.1) is 0 Å². The van der Waals surface area contributed by atoms with Crippen LogP contribution in [0, 0.1) is 0 Å². The molecular weight excluding hydrogens is 244 g/mol. The van der Waals surface area contributed by atoms with E-state index in [1.807, 2.05) is 6.07 Å². The standard InChI is InChI=1S/C14H24N2O3/c1-2-15(9-13-3-6-19-12-13)10-14(17)11-16-4-7-18-8-5-16/h3,6,12,14,17H,2,4-5,7-11H2,1H3. The highest BCUT2D eigenvalue weighted by atomic mass is 16.5. The van der Waals surface area contributed by atoms with Gasteiger partial charge in [-0.05, 0) is 12.6 Å². The third kappa shape index (κ3) is 4.95. The molecule has 108 valence electrons. The Bertz CT molecular complexity index is 336. The Kier molecular flexibility index (Phi) is 5.85. The first-order chi connectivity index (χ1) is 9.28. The van der Waals surface area contributed by atoms with Crippen molar-refractivity contribution in [2.45, 2.75) is 19.6 Å². The number of nitrogens with zero attached hydrogens (tertiary/aromatic N) is 2.